The van der Waals surface area contributed by atoms with Crippen molar-refractivity contribution in [3.8, 4) is 5.75 Å². The smallest absolute Gasteiger partial charge is 0.261 e. The van der Waals surface area contributed by atoms with E-state index in [1.54, 1.807) is 13.1 Å². The predicted molar refractivity (Wildman–Crippen MR) is 85.1 cm³/mol. The van der Waals surface area contributed by atoms with Crippen LogP contribution in [0.4, 0.5) is 0 Å². The van der Waals surface area contributed by atoms with Crippen molar-refractivity contribution >= 4 is 21.8 Å². The topological polar surface area (TPSA) is 51.2 Å². The van der Waals surface area contributed by atoms with Gasteiger partial charge in [0.05, 0.1) is 4.47 Å². The van der Waals surface area contributed by atoms with Crippen LogP contribution in [0.5, 0.6) is 5.75 Å². The van der Waals surface area contributed by atoms with Gasteiger partial charge in [0.1, 0.15) is 5.75 Å². The molecule has 0 saturated carbocycles. The van der Waals surface area contributed by atoms with Crippen molar-refractivity contribution in [1.29, 1.82) is 0 Å². The molecule has 2 aromatic rings. The lowest BCUT2D eigenvalue weighted by atomic mass is 10.2. The zero-order valence-corrected chi connectivity index (χ0v) is 13.6. The van der Waals surface area contributed by atoms with Gasteiger partial charge in [-0.15, -0.1) is 0 Å². The van der Waals surface area contributed by atoms with Crippen LogP contribution in [-0.2, 0) is 11.3 Å². The molecular weight excluding hydrogens is 332 g/mol. The number of halogens is 1. The molecule has 0 bridgehead atoms. The molecule has 1 atom stereocenters. The van der Waals surface area contributed by atoms with Gasteiger partial charge in [-0.2, -0.15) is 0 Å². The molecule has 21 heavy (non-hydrogen) atoms. The second-order valence-corrected chi connectivity index (χ2v) is 5.57. The molecule has 1 heterocycles. The van der Waals surface area contributed by atoms with Gasteiger partial charge in [-0.1, -0.05) is 18.2 Å². The van der Waals surface area contributed by atoms with E-state index in [0.29, 0.717) is 12.3 Å². The minimum Gasteiger partial charge on any atom is -0.480 e. The molecule has 1 N–H and O–H groups in total. The van der Waals surface area contributed by atoms with Crippen LogP contribution in [0.25, 0.3) is 0 Å². The number of hydrogen-bond donors (Lipinski definition) is 1. The molecule has 1 aromatic heterocycles. The summed E-state index contributed by atoms with van der Waals surface area (Å²) in [4.78, 5) is 16.2. The van der Waals surface area contributed by atoms with E-state index >= 15 is 0 Å². The van der Waals surface area contributed by atoms with E-state index in [2.05, 4.69) is 26.2 Å². The van der Waals surface area contributed by atoms with E-state index in [9.17, 15) is 4.79 Å². The molecule has 2 rings (SSSR count). The van der Waals surface area contributed by atoms with Crippen molar-refractivity contribution in [2.24, 2.45) is 0 Å². The molecular formula is C16H17BrN2O2. The number of ether oxygens (including phenoxy) is 1. The molecule has 0 saturated heterocycles. The Kier molecular flexibility index (Phi) is 5.33. The highest BCUT2D eigenvalue weighted by atomic mass is 79.9. The van der Waals surface area contributed by atoms with E-state index in [1.165, 1.54) is 0 Å². The third-order valence-corrected chi connectivity index (χ3v) is 3.60. The molecule has 0 aliphatic carbocycles. The number of hydrogen-bond acceptors (Lipinski definition) is 3. The molecule has 0 spiro atoms. The van der Waals surface area contributed by atoms with Crippen LogP contribution >= 0.6 is 15.9 Å². The minimum atomic E-state index is -0.567. The summed E-state index contributed by atoms with van der Waals surface area (Å²) < 4.78 is 6.47. The molecule has 0 aliphatic heterocycles. The number of para-hydroxylation sites is 1. The Hall–Kier alpha value is -1.88. The van der Waals surface area contributed by atoms with Gasteiger partial charge in [0.15, 0.2) is 6.10 Å². The van der Waals surface area contributed by atoms with E-state index in [-0.39, 0.29) is 5.91 Å². The normalized spacial score (nSPS) is 11.8. The molecule has 110 valence electrons. The van der Waals surface area contributed by atoms with Gasteiger partial charge < -0.3 is 10.1 Å². The summed E-state index contributed by atoms with van der Waals surface area (Å²) in [5.74, 6) is 0.489. The van der Waals surface area contributed by atoms with Gasteiger partial charge in [0.25, 0.3) is 5.91 Å². The third-order valence-electron chi connectivity index (χ3n) is 2.95. The third kappa shape index (κ3) is 4.56. The van der Waals surface area contributed by atoms with Gasteiger partial charge in [0.2, 0.25) is 0 Å². The quantitative estimate of drug-likeness (QED) is 0.902. The Morgan fingerprint density at radius 2 is 2.10 bits per heavy atom. The minimum absolute atomic E-state index is 0.161. The fourth-order valence-corrected chi connectivity index (χ4v) is 2.10. The van der Waals surface area contributed by atoms with Gasteiger partial charge in [0, 0.05) is 18.4 Å². The van der Waals surface area contributed by atoms with Crippen LogP contribution in [0, 0.1) is 6.92 Å². The van der Waals surface area contributed by atoms with E-state index in [0.717, 1.165) is 15.7 Å². The summed E-state index contributed by atoms with van der Waals surface area (Å²) in [5.41, 5.74) is 1.91. The number of aryl methyl sites for hydroxylation is 1. The number of amides is 1. The second kappa shape index (κ2) is 7.22. The largest absolute Gasteiger partial charge is 0.480 e. The van der Waals surface area contributed by atoms with Crippen molar-refractivity contribution in [3.63, 3.8) is 0 Å². The second-order valence-electron chi connectivity index (χ2n) is 4.72. The van der Waals surface area contributed by atoms with Crippen LogP contribution in [0.1, 0.15) is 18.2 Å². The number of carbonyl (C=O) groups excluding carboxylic acids is 1. The lowest BCUT2D eigenvalue weighted by Crippen LogP contribution is -2.36. The first-order valence-corrected chi connectivity index (χ1v) is 7.46. The molecule has 4 nitrogen and oxygen atoms in total. The number of nitrogens with one attached hydrogen (secondary N) is 1. The summed E-state index contributed by atoms with van der Waals surface area (Å²) >= 11 is 3.39. The maximum absolute atomic E-state index is 12.0. The highest BCUT2D eigenvalue weighted by molar-refractivity contribution is 9.10. The maximum atomic E-state index is 12.0. The van der Waals surface area contributed by atoms with Gasteiger partial charge in [-0.25, -0.2) is 0 Å². The number of pyridine rings is 1. The molecule has 1 amide bonds. The Balaban J connectivity index is 1.88. The average molecular weight is 349 g/mol. The van der Waals surface area contributed by atoms with Crippen LogP contribution in [0.15, 0.2) is 47.1 Å². The Bertz CT molecular complexity index is 614. The van der Waals surface area contributed by atoms with E-state index in [4.69, 9.17) is 4.74 Å². The first kappa shape index (κ1) is 15.5. The zero-order valence-electron chi connectivity index (χ0n) is 12.0. The Labute approximate surface area is 132 Å². The lowest BCUT2D eigenvalue weighted by molar-refractivity contribution is -0.127. The SMILES string of the molecule is Cc1ccc(CNC(=O)C(C)Oc2ccccc2Br)cn1. The van der Waals surface area contributed by atoms with Gasteiger partial charge >= 0.3 is 0 Å². The number of benzene rings is 1. The summed E-state index contributed by atoms with van der Waals surface area (Å²) in [5, 5.41) is 2.84. The summed E-state index contributed by atoms with van der Waals surface area (Å²) in [6.45, 7) is 4.09. The van der Waals surface area contributed by atoms with Crippen LogP contribution in [0.3, 0.4) is 0 Å². The maximum Gasteiger partial charge on any atom is 0.261 e. The lowest BCUT2D eigenvalue weighted by Gasteiger charge is -2.15. The highest BCUT2D eigenvalue weighted by Crippen LogP contribution is 2.24. The van der Waals surface area contributed by atoms with Crippen LogP contribution in [0.2, 0.25) is 0 Å². The van der Waals surface area contributed by atoms with E-state index in [1.807, 2.05) is 43.3 Å². The first-order chi connectivity index (χ1) is 10.1. The average Bonchev–Trinajstić information content (AvgIpc) is 2.48. The fourth-order valence-electron chi connectivity index (χ4n) is 1.72. The number of aromatic nitrogens is 1. The molecule has 0 radical (unpaired) electrons. The monoisotopic (exact) mass is 348 g/mol. The summed E-state index contributed by atoms with van der Waals surface area (Å²) in [6, 6.07) is 11.3. The fraction of sp³-hybridized carbons (Fsp3) is 0.250. The first-order valence-electron chi connectivity index (χ1n) is 6.66. The van der Waals surface area contributed by atoms with Gasteiger partial charge in [-0.3, -0.25) is 9.78 Å². The van der Waals surface area contributed by atoms with Crippen molar-refractivity contribution < 1.29 is 9.53 Å². The standard InChI is InChI=1S/C16H17BrN2O2/c1-11-7-8-13(9-18-11)10-19-16(20)12(2)21-15-6-4-3-5-14(15)17/h3-9,12H,10H2,1-2H3,(H,19,20). The van der Waals surface area contributed by atoms with Crippen molar-refractivity contribution in [2.45, 2.75) is 26.5 Å². The van der Waals surface area contributed by atoms with Crippen molar-refractivity contribution in [2.75, 3.05) is 0 Å². The summed E-state index contributed by atoms with van der Waals surface area (Å²) in [7, 11) is 0. The number of rotatable bonds is 5. The zero-order chi connectivity index (χ0) is 15.2. The highest BCUT2D eigenvalue weighted by Gasteiger charge is 2.15. The molecule has 1 aromatic carbocycles. The molecule has 5 heteroatoms. The molecule has 1 unspecified atom stereocenters. The molecule has 0 aliphatic rings. The van der Waals surface area contributed by atoms with Crippen LogP contribution in [-0.4, -0.2) is 17.0 Å². The van der Waals surface area contributed by atoms with Crippen molar-refractivity contribution in [1.82, 2.24) is 10.3 Å². The van der Waals surface area contributed by atoms with Gasteiger partial charge in [-0.05, 0) is 53.5 Å². The number of carbonyl (C=O) groups is 1. The Morgan fingerprint density at radius 3 is 2.76 bits per heavy atom. The predicted octanol–water partition coefficient (Wildman–Crippen LogP) is 3.24. The van der Waals surface area contributed by atoms with E-state index < -0.39 is 6.10 Å². The molecule has 0 fully saturated rings. The number of nitrogens with zero attached hydrogens (tertiary/aromatic N) is 1. The van der Waals surface area contributed by atoms with Crippen molar-refractivity contribution in [3.05, 3.63) is 58.3 Å². The van der Waals surface area contributed by atoms with Crippen LogP contribution < -0.4 is 10.1 Å². The summed E-state index contributed by atoms with van der Waals surface area (Å²) in [6.07, 6.45) is 1.19. The Morgan fingerprint density at radius 1 is 1.33 bits per heavy atom.